The highest BCUT2D eigenvalue weighted by molar-refractivity contribution is 5.98. The molecule has 28 heavy (non-hydrogen) atoms. The third-order valence-corrected chi connectivity index (χ3v) is 5.73. The van der Waals surface area contributed by atoms with Gasteiger partial charge in [0.05, 0.1) is 12.6 Å². The topological polar surface area (TPSA) is 64.7 Å². The van der Waals surface area contributed by atoms with Crippen molar-refractivity contribution >= 4 is 28.8 Å². The Bertz CT molecular complexity index is 939. The average molecular weight is 374 g/mol. The number of hydrogen-bond donors (Lipinski definition) is 2. The van der Waals surface area contributed by atoms with Crippen LogP contribution in [-0.4, -0.2) is 31.2 Å². The van der Waals surface area contributed by atoms with Gasteiger partial charge in [-0.3, -0.25) is 14.9 Å². The summed E-state index contributed by atoms with van der Waals surface area (Å²) in [5.41, 5.74) is 3.96. The van der Waals surface area contributed by atoms with E-state index < -0.39 is 0 Å². The highest BCUT2D eigenvalue weighted by Gasteiger charge is 2.43. The van der Waals surface area contributed by atoms with E-state index in [9.17, 15) is 9.59 Å². The number of carbonyl (C=O) groups excluding carboxylic acids is 2. The number of hydrogen-bond acceptors (Lipinski definition) is 4. The fourth-order valence-electron chi connectivity index (χ4n) is 4.34. The van der Waals surface area contributed by atoms with Crippen LogP contribution in [0, 0.1) is 5.92 Å². The molecule has 6 heteroatoms. The summed E-state index contributed by atoms with van der Waals surface area (Å²) in [7, 11) is 0. The standard InChI is InChI=1S/C22H22N4O2/c27-19-7-4-12-25(19)17-10-8-15(9-11-17)18-13-26(16-5-2-1-3-6-16)21-20(18)22(28)24-14-23-21/h1-3,5-6,8-11,13,20-21,23H,4,7,12,14H2,(H,24,28). The minimum Gasteiger partial charge on any atom is -0.343 e. The predicted molar refractivity (Wildman–Crippen MR) is 108 cm³/mol. The Labute approximate surface area is 163 Å². The van der Waals surface area contributed by atoms with Gasteiger partial charge in [-0.1, -0.05) is 30.3 Å². The number of nitrogens with zero attached hydrogens (tertiary/aromatic N) is 2. The molecular weight excluding hydrogens is 352 g/mol. The average Bonchev–Trinajstić information content (AvgIpc) is 3.33. The Morgan fingerprint density at radius 2 is 1.71 bits per heavy atom. The normalized spacial score (nSPS) is 24.2. The Morgan fingerprint density at radius 1 is 0.929 bits per heavy atom. The fourth-order valence-corrected chi connectivity index (χ4v) is 4.34. The number of carbonyl (C=O) groups is 2. The van der Waals surface area contributed by atoms with Gasteiger partial charge in [-0.05, 0) is 41.8 Å². The van der Waals surface area contributed by atoms with Crippen molar-refractivity contribution in [3.63, 3.8) is 0 Å². The van der Waals surface area contributed by atoms with Crippen LogP contribution < -0.4 is 20.4 Å². The van der Waals surface area contributed by atoms with Crippen molar-refractivity contribution in [3.8, 4) is 0 Å². The van der Waals surface area contributed by atoms with E-state index in [1.165, 1.54) is 0 Å². The Hall–Kier alpha value is -3.12. The van der Waals surface area contributed by atoms with E-state index in [4.69, 9.17) is 0 Å². The van der Waals surface area contributed by atoms with Crippen molar-refractivity contribution in [1.82, 2.24) is 10.6 Å². The van der Waals surface area contributed by atoms with Crippen molar-refractivity contribution in [2.45, 2.75) is 19.0 Å². The second-order valence-electron chi connectivity index (χ2n) is 7.37. The van der Waals surface area contributed by atoms with Gasteiger partial charge in [0.25, 0.3) is 0 Å². The maximum atomic E-state index is 12.7. The largest absolute Gasteiger partial charge is 0.343 e. The van der Waals surface area contributed by atoms with Crippen LogP contribution in [0.1, 0.15) is 18.4 Å². The van der Waals surface area contributed by atoms with Gasteiger partial charge in [0, 0.05) is 30.5 Å². The molecule has 0 aromatic heterocycles. The summed E-state index contributed by atoms with van der Waals surface area (Å²) in [6.45, 7) is 1.24. The van der Waals surface area contributed by atoms with E-state index in [1.54, 1.807) is 0 Å². The van der Waals surface area contributed by atoms with Crippen molar-refractivity contribution in [1.29, 1.82) is 0 Å². The number of rotatable bonds is 3. The molecule has 0 aliphatic carbocycles. The highest BCUT2D eigenvalue weighted by atomic mass is 16.2. The van der Waals surface area contributed by atoms with Crippen LogP contribution in [0.15, 0.2) is 60.8 Å². The minimum absolute atomic E-state index is 0.0345. The number of nitrogens with one attached hydrogen (secondary N) is 2. The maximum absolute atomic E-state index is 12.7. The molecule has 2 amide bonds. The fraction of sp³-hybridized carbons (Fsp3) is 0.273. The van der Waals surface area contributed by atoms with Gasteiger partial charge in [-0.2, -0.15) is 0 Å². The molecular formula is C22H22N4O2. The van der Waals surface area contributed by atoms with Crippen molar-refractivity contribution in [2.75, 3.05) is 23.0 Å². The summed E-state index contributed by atoms with van der Waals surface area (Å²) in [4.78, 5) is 28.6. The van der Waals surface area contributed by atoms with Crippen LogP contribution in [0.4, 0.5) is 11.4 Å². The molecule has 2 atom stereocenters. The molecule has 2 aromatic rings. The first-order chi connectivity index (χ1) is 13.7. The molecule has 2 N–H and O–H groups in total. The van der Waals surface area contributed by atoms with Crippen molar-refractivity contribution in [3.05, 3.63) is 66.4 Å². The molecule has 2 unspecified atom stereocenters. The SMILES string of the molecule is O=C1NCNC2C1C(c1ccc(N3CCCC3=O)cc1)=CN2c1ccccc1. The van der Waals surface area contributed by atoms with Crippen LogP contribution in [-0.2, 0) is 9.59 Å². The van der Waals surface area contributed by atoms with Gasteiger partial charge in [-0.25, -0.2) is 0 Å². The van der Waals surface area contributed by atoms with Crippen LogP contribution in [0.3, 0.4) is 0 Å². The van der Waals surface area contributed by atoms with E-state index in [0.29, 0.717) is 13.1 Å². The molecule has 0 radical (unpaired) electrons. The van der Waals surface area contributed by atoms with Crippen LogP contribution in [0.2, 0.25) is 0 Å². The van der Waals surface area contributed by atoms with Crippen LogP contribution >= 0.6 is 0 Å². The first-order valence-corrected chi connectivity index (χ1v) is 9.69. The van der Waals surface area contributed by atoms with Gasteiger partial charge in [-0.15, -0.1) is 0 Å². The molecule has 2 saturated heterocycles. The first-order valence-electron chi connectivity index (χ1n) is 9.69. The van der Waals surface area contributed by atoms with E-state index >= 15 is 0 Å². The Morgan fingerprint density at radius 3 is 2.43 bits per heavy atom. The first kappa shape index (κ1) is 17.0. The molecule has 6 nitrogen and oxygen atoms in total. The number of benzene rings is 2. The molecule has 5 rings (SSSR count). The minimum atomic E-state index is -0.284. The third kappa shape index (κ3) is 2.77. The van der Waals surface area contributed by atoms with Crippen LogP contribution in [0.25, 0.3) is 5.57 Å². The summed E-state index contributed by atoms with van der Waals surface area (Å²) in [5, 5.41) is 6.33. The smallest absolute Gasteiger partial charge is 0.232 e. The van der Waals surface area contributed by atoms with Gasteiger partial charge in [0.15, 0.2) is 0 Å². The quantitative estimate of drug-likeness (QED) is 0.865. The highest BCUT2D eigenvalue weighted by Crippen LogP contribution is 2.39. The summed E-state index contributed by atoms with van der Waals surface area (Å²) in [6, 6.07) is 18.1. The maximum Gasteiger partial charge on any atom is 0.232 e. The number of anilines is 2. The Balaban J connectivity index is 1.50. The number of fused-ring (bicyclic) bond motifs is 1. The predicted octanol–water partition coefficient (Wildman–Crippen LogP) is 2.29. The second-order valence-corrected chi connectivity index (χ2v) is 7.37. The molecule has 2 aromatic carbocycles. The van der Waals surface area contributed by atoms with E-state index in [1.807, 2.05) is 59.5 Å². The molecule has 0 spiro atoms. The molecule has 2 fully saturated rings. The molecule has 3 aliphatic rings. The van der Waals surface area contributed by atoms with Crippen molar-refractivity contribution < 1.29 is 9.59 Å². The van der Waals surface area contributed by atoms with Crippen LogP contribution in [0.5, 0.6) is 0 Å². The van der Waals surface area contributed by atoms with E-state index in [2.05, 4.69) is 21.7 Å². The molecule has 0 bridgehead atoms. The molecule has 142 valence electrons. The van der Waals surface area contributed by atoms with Gasteiger partial charge in [0.2, 0.25) is 11.8 Å². The summed E-state index contributed by atoms with van der Waals surface area (Å²) < 4.78 is 0. The van der Waals surface area contributed by atoms with Crippen molar-refractivity contribution in [2.24, 2.45) is 5.92 Å². The lowest BCUT2D eigenvalue weighted by molar-refractivity contribution is -0.125. The number of amides is 2. The summed E-state index contributed by atoms with van der Waals surface area (Å²) in [5.74, 6) is -0.0699. The zero-order valence-electron chi connectivity index (χ0n) is 15.5. The van der Waals surface area contributed by atoms with Gasteiger partial charge < -0.3 is 15.1 Å². The lowest BCUT2D eigenvalue weighted by Gasteiger charge is -2.34. The second kappa shape index (κ2) is 6.80. The lowest BCUT2D eigenvalue weighted by Crippen LogP contribution is -2.58. The molecule has 3 heterocycles. The zero-order chi connectivity index (χ0) is 19.1. The van der Waals surface area contributed by atoms with E-state index in [0.717, 1.165) is 35.5 Å². The zero-order valence-corrected chi connectivity index (χ0v) is 15.5. The monoisotopic (exact) mass is 374 g/mol. The van der Waals surface area contributed by atoms with E-state index in [-0.39, 0.29) is 23.9 Å². The molecule has 0 saturated carbocycles. The van der Waals surface area contributed by atoms with Gasteiger partial charge in [0.1, 0.15) is 6.17 Å². The Kier molecular flexibility index (Phi) is 4.13. The lowest BCUT2D eigenvalue weighted by atomic mass is 9.91. The molecule has 3 aliphatic heterocycles. The summed E-state index contributed by atoms with van der Waals surface area (Å²) in [6.07, 6.45) is 3.49. The summed E-state index contributed by atoms with van der Waals surface area (Å²) >= 11 is 0. The van der Waals surface area contributed by atoms with Gasteiger partial charge >= 0.3 is 0 Å². The third-order valence-electron chi connectivity index (χ3n) is 5.73. The number of para-hydroxylation sites is 1.